The lowest BCUT2D eigenvalue weighted by atomic mass is 9.95. The quantitative estimate of drug-likeness (QED) is 0.776. The van der Waals surface area contributed by atoms with Crippen LogP contribution in [0, 0.1) is 6.92 Å². The summed E-state index contributed by atoms with van der Waals surface area (Å²) in [6, 6.07) is 3.83. The normalized spacial score (nSPS) is 16.0. The molecule has 1 aliphatic rings. The molecular formula is C17H25NO3. The van der Waals surface area contributed by atoms with E-state index in [2.05, 4.69) is 11.4 Å². The number of nitrogens with one attached hydrogen (secondary N) is 1. The van der Waals surface area contributed by atoms with E-state index in [1.54, 1.807) is 6.07 Å². The molecule has 2 N–H and O–H groups in total. The summed E-state index contributed by atoms with van der Waals surface area (Å²) in [6.07, 6.45) is 4.31. The van der Waals surface area contributed by atoms with Gasteiger partial charge in [-0.25, -0.2) is 4.79 Å². The maximum Gasteiger partial charge on any atom is 0.412 e. The van der Waals surface area contributed by atoms with E-state index < -0.39 is 11.7 Å². The molecule has 1 amide bonds. The smallest absolute Gasteiger partial charge is 0.412 e. The van der Waals surface area contributed by atoms with Crippen LogP contribution in [0.25, 0.3) is 0 Å². The Morgan fingerprint density at radius 2 is 1.90 bits per heavy atom. The predicted molar refractivity (Wildman–Crippen MR) is 83.9 cm³/mol. The fourth-order valence-corrected chi connectivity index (χ4v) is 2.86. The van der Waals surface area contributed by atoms with Crippen LogP contribution in [0.1, 0.15) is 63.5 Å². The van der Waals surface area contributed by atoms with Crippen molar-refractivity contribution >= 4 is 11.8 Å². The van der Waals surface area contributed by atoms with Crippen LogP contribution in [-0.4, -0.2) is 16.8 Å². The third-order valence-corrected chi connectivity index (χ3v) is 3.79. The molecule has 0 unspecified atom stereocenters. The molecule has 0 heterocycles. The first kappa shape index (κ1) is 15.7. The molecule has 0 saturated heterocycles. The highest BCUT2D eigenvalue weighted by molar-refractivity contribution is 5.88. The summed E-state index contributed by atoms with van der Waals surface area (Å²) < 4.78 is 5.22. The fourth-order valence-electron chi connectivity index (χ4n) is 2.86. The topological polar surface area (TPSA) is 58.6 Å². The van der Waals surface area contributed by atoms with Gasteiger partial charge in [-0.15, -0.1) is 0 Å². The Morgan fingerprint density at radius 3 is 2.43 bits per heavy atom. The first-order valence-corrected chi connectivity index (χ1v) is 7.60. The lowest BCUT2D eigenvalue weighted by Gasteiger charge is -2.21. The molecule has 0 aromatic heterocycles. The SMILES string of the molecule is Cc1cc(C2CCCC2)cc(O)c1NC(=O)OC(C)(C)C. The van der Waals surface area contributed by atoms with Crippen LogP contribution in [-0.2, 0) is 4.74 Å². The van der Waals surface area contributed by atoms with E-state index in [4.69, 9.17) is 4.74 Å². The number of phenols is 1. The van der Waals surface area contributed by atoms with Gasteiger partial charge in [0.1, 0.15) is 11.4 Å². The van der Waals surface area contributed by atoms with Gasteiger partial charge < -0.3 is 9.84 Å². The molecule has 4 nitrogen and oxygen atoms in total. The molecule has 0 bridgehead atoms. The number of aromatic hydroxyl groups is 1. The molecule has 116 valence electrons. The Kier molecular flexibility index (Phi) is 4.45. The summed E-state index contributed by atoms with van der Waals surface area (Å²) in [4.78, 5) is 11.8. The summed E-state index contributed by atoms with van der Waals surface area (Å²) in [5.41, 5.74) is 1.91. The van der Waals surface area contributed by atoms with E-state index in [1.807, 2.05) is 27.7 Å². The average Bonchev–Trinajstić information content (AvgIpc) is 2.85. The highest BCUT2D eigenvalue weighted by atomic mass is 16.6. The molecule has 2 rings (SSSR count). The lowest BCUT2D eigenvalue weighted by molar-refractivity contribution is 0.0635. The molecule has 4 heteroatoms. The zero-order valence-corrected chi connectivity index (χ0v) is 13.3. The highest BCUT2D eigenvalue weighted by Crippen LogP contribution is 2.38. The van der Waals surface area contributed by atoms with Gasteiger partial charge in [0.25, 0.3) is 0 Å². The second-order valence-electron chi connectivity index (χ2n) is 6.84. The monoisotopic (exact) mass is 291 g/mol. The number of ether oxygens (including phenoxy) is 1. The highest BCUT2D eigenvalue weighted by Gasteiger charge is 2.21. The average molecular weight is 291 g/mol. The van der Waals surface area contributed by atoms with Crippen LogP contribution in [0.3, 0.4) is 0 Å². The van der Waals surface area contributed by atoms with E-state index in [0.717, 1.165) is 11.1 Å². The van der Waals surface area contributed by atoms with Gasteiger partial charge >= 0.3 is 6.09 Å². The summed E-state index contributed by atoms with van der Waals surface area (Å²) >= 11 is 0. The molecule has 21 heavy (non-hydrogen) atoms. The van der Waals surface area contributed by atoms with Gasteiger partial charge in [0, 0.05) is 0 Å². The Bertz CT molecular complexity index is 502. The minimum atomic E-state index is -0.558. The number of rotatable bonds is 2. The van der Waals surface area contributed by atoms with Crippen LogP contribution in [0.5, 0.6) is 5.75 Å². The Hall–Kier alpha value is -1.71. The molecule has 1 aromatic carbocycles. The van der Waals surface area contributed by atoms with E-state index >= 15 is 0 Å². The van der Waals surface area contributed by atoms with Crippen LogP contribution in [0.4, 0.5) is 10.5 Å². The van der Waals surface area contributed by atoms with Gasteiger partial charge in [0.2, 0.25) is 0 Å². The van der Waals surface area contributed by atoms with E-state index in [-0.39, 0.29) is 5.75 Å². The number of benzene rings is 1. The molecule has 1 aliphatic carbocycles. The van der Waals surface area contributed by atoms with Crippen LogP contribution < -0.4 is 5.32 Å². The van der Waals surface area contributed by atoms with E-state index in [1.165, 1.54) is 25.7 Å². The van der Waals surface area contributed by atoms with Gasteiger partial charge in [-0.3, -0.25) is 5.32 Å². The predicted octanol–water partition coefficient (Wildman–Crippen LogP) is 4.71. The minimum Gasteiger partial charge on any atom is -0.506 e. The van der Waals surface area contributed by atoms with Gasteiger partial charge in [-0.2, -0.15) is 0 Å². The van der Waals surface area contributed by atoms with Crippen molar-refractivity contribution in [1.29, 1.82) is 0 Å². The fraction of sp³-hybridized carbons (Fsp3) is 0.588. The molecule has 1 aromatic rings. The van der Waals surface area contributed by atoms with Crippen molar-refractivity contribution in [3.63, 3.8) is 0 Å². The van der Waals surface area contributed by atoms with Crippen molar-refractivity contribution in [2.45, 2.75) is 64.9 Å². The first-order valence-electron chi connectivity index (χ1n) is 7.60. The summed E-state index contributed by atoms with van der Waals surface area (Å²) in [6.45, 7) is 7.32. The third kappa shape index (κ3) is 4.13. The largest absolute Gasteiger partial charge is 0.506 e. The van der Waals surface area contributed by atoms with Gasteiger partial charge in [-0.05, 0) is 63.6 Å². The van der Waals surface area contributed by atoms with E-state index in [9.17, 15) is 9.90 Å². The number of phenolic OH excluding ortho intramolecular Hbond substituents is 1. The number of aryl methyl sites for hydroxylation is 1. The van der Waals surface area contributed by atoms with E-state index in [0.29, 0.717) is 11.6 Å². The second kappa shape index (κ2) is 5.96. The van der Waals surface area contributed by atoms with Gasteiger partial charge in [-0.1, -0.05) is 18.9 Å². The molecule has 0 spiro atoms. The molecule has 1 fully saturated rings. The maximum absolute atomic E-state index is 11.8. The maximum atomic E-state index is 11.8. The molecule has 0 atom stereocenters. The zero-order valence-electron chi connectivity index (χ0n) is 13.3. The van der Waals surface area contributed by atoms with Gasteiger partial charge in [0.05, 0.1) is 5.69 Å². The first-order chi connectivity index (χ1) is 9.76. The van der Waals surface area contributed by atoms with Crippen molar-refractivity contribution in [2.75, 3.05) is 5.32 Å². The number of carbonyl (C=O) groups is 1. The number of carbonyl (C=O) groups excluding carboxylic acids is 1. The molecule has 0 radical (unpaired) electrons. The number of hydrogen-bond donors (Lipinski definition) is 2. The van der Waals surface area contributed by atoms with Crippen molar-refractivity contribution < 1.29 is 14.6 Å². The Balaban J connectivity index is 2.15. The molecule has 1 saturated carbocycles. The van der Waals surface area contributed by atoms with Crippen molar-refractivity contribution in [3.8, 4) is 5.75 Å². The Morgan fingerprint density at radius 1 is 1.29 bits per heavy atom. The third-order valence-electron chi connectivity index (χ3n) is 3.79. The van der Waals surface area contributed by atoms with Crippen LogP contribution in [0.15, 0.2) is 12.1 Å². The number of amides is 1. The zero-order chi connectivity index (χ0) is 15.6. The van der Waals surface area contributed by atoms with Crippen LogP contribution in [0.2, 0.25) is 0 Å². The number of anilines is 1. The minimum absolute atomic E-state index is 0.114. The summed E-state index contributed by atoms with van der Waals surface area (Å²) in [7, 11) is 0. The van der Waals surface area contributed by atoms with Crippen molar-refractivity contribution in [3.05, 3.63) is 23.3 Å². The Labute approximate surface area is 126 Å². The molecular weight excluding hydrogens is 266 g/mol. The van der Waals surface area contributed by atoms with Crippen molar-refractivity contribution in [2.24, 2.45) is 0 Å². The molecule has 0 aliphatic heterocycles. The number of hydrogen-bond acceptors (Lipinski definition) is 3. The summed E-state index contributed by atoms with van der Waals surface area (Å²) in [5, 5.41) is 12.9. The second-order valence-corrected chi connectivity index (χ2v) is 6.84. The van der Waals surface area contributed by atoms with Crippen LogP contribution >= 0.6 is 0 Å². The van der Waals surface area contributed by atoms with Gasteiger partial charge in [0.15, 0.2) is 0 Å². The lowest BCUT2D eigenvalue weighted by Crippen LogP contribution is -2.27. The summed E-state index contributed by atoms with van der Waals surface area (Å²) in [5.74, 6) is 0.646. The standard InChI is InChI=1S/C17H25NO3/c1-11-9-13(12-7-5-6-8-12)10-14(19)15(11)18-16(20)21-17(2,3)4/h9-10,12,19H,5-8H2,1-4H3,(H,18,20). The van der Waals surface area contributed by atoms with Crippen molar-refractivity contribution in [1.82, 2.24) is 0 Å².